The van der Waals surface area contributed by atoms with Crippen molar-refractivity contribution >= 4 is 11.8 Å². The number of para-hydroxylation sites is 3. The van der Waals surface area contributed by atoms with Gasteiger partial charge in [-0.15, -0.1) is 0 Å². The first-order valence-corrected chi connectivity index (χ1v) is 6.68. The largest absolute Gasteiger partial charge is 0.486 e. The quantitative estimate of drug-likeness (QED) is 0.941. The molecule has 1 N–H and O–H groups in total. The first kappa shape index (κ1) is 13.3. The van der Waals surface area contributed by atoms with Gasteiger partial charge >= 0.3 is 6.09 Å². The molecule has 1 aliphatic rings. The summed E-state index contributed by atoms with van der Waals surface area (Å²) in [4.78, 5) is 11.7. The van der Waals surface area contributed by atoms with Gasteiger partial charge in [-0.3, -0.25) is 5.32 Å². The number of carbonyl (C=O) groups is 1. The van der Waals surface area contributed by atoms with Gasteiger partial charge in [0, 0.05) is 5.69 Å². The minimum atomic E-state index is -0.511. The summed E-state index contributed by atoms with van der Waals surface area (Å²) in [6.45, 7) is 0.489. The Morgan fingerprint density at radius 2 is 1.81 bits per heavy atom. The number of hydrogen-bond acceptors (Lipinski definition) is 4. The molecule has 3 rings (SSSR count). The maximum absolute atomic E-state index is 11.7. The number of hydrogen-bond donors (Lipinski definition) is 1. The van der Waals surface area contributed by atoms with Gasteiger partial charge in [0.15, 0.2) is 17.6 Å². The van der Waals surface area contributed by atoms with Crippen LogP contribution >= 0.6 is 0 Å². The van der Waals surface area contributed by atoms with Crippen molar-refractivity contribution in [2.24, 2.45) is 0 Å². The lowest BCUT2D eigenvalue weighted by atomic mass is 10.3. The zero-order valence-electron chi connectivity index (χ0n) is 11.3. The third kappa shape index (κ3) is 3.45. The second kappa shape index (κ2) is 6.17. The fraction of sp³-hybridized carbons (Fsp3) is 0.188. The van der Waals surface area contributed by atoms with Crippen LogP contribution < -0.4 is 14.8 Å². The van der Waals surface area contributed by atoms with Crippen LogP contribution in [0.2, 0.25) is 0 Å². The molecule has 0 saturated carbocycles. The molecule has 1 amide bonds. The molecule has 2 aromatic rings. The average Bonchev–Trinajstić information content (AvgIpc) is 2.54. The zero-order chi connectivity index (χ0) is 14.5. The minimum Gasteiger partial charge on any atom is -0.486 e. The standard InChI is InChI=1S/C16H15NO4/c18-16(17-12-6-2-1-3-7-12)20-11-13-10-19-14-8-4-5-9-15(14)21-13/h1-9,13H,10-11H2,(H,17,18)/t13-/m0/s1. The van der Waals surface area contributed by atoms with Crippen molar-refractivity contribution in [3.05, 3.63) is 54.6 Å². The number of nitrogens with one attached hydrogen (secondary N) is 1. The van der Waals surface area contributed by atoms with Crippen LogP contribution in [0.4, 0.5) is 10.5 Å². The van der Waals surface area contributed by atoms with Crippen LogP contribution in [0, 0.1) is 0 Å². The lowest BCUT2D eigenvalue weighted by Gasteiger charge is -2.26. The lowest BCUT2D eigenvalue weighted by molar-refractivity contribution is 0.0373. The molecular formula is C16H15NO4. The molecule has 1 heterocycles. The van der Waals surface area contributed by atoms with Crippen LogP contribution in [-0.4, -0.2) is 25.4 Å². The Kier molecular flexibility index (Phi) is 3.91. The highest BCUT2D eigenvalue weighted by molar-refractivity contribution is 5.84. The van der Waals surface area contributed by atoms with Gasteiger partial charge in [0.05, 0.1) is 0 Å². The molecule has 0 fully saturated rings. The second-order valence-electron chi connectivity index (χ2n) is 4.59. The second-order valence-corrected chi connectivity index (χ2v) is 4.59. The highest BCUT2D eigenvalue weighted by Crippen LogP contribution is 2.30. The molecule has 0 spiro atoms. The van der Waals surface area contributed by atoms with E-state index in [9.17, 15) is 4.79 Å². The number of rotatable bonds is 3. The Hall–Kier alpha value is -2.69. The minimum absolute atomic E-state index is 0.132. The van der Waals surface area contributed by atoms with Crippen LogP contribution in [0.5, 0.6) is 11.5 Å². The Balaban J connectivity index is 1.49. The number of fused-ring (bicyclic) bond motifs is 1. The van der Waals surface area contributed by atoms with Crippen LogP contribution in [0.1, 0.15) is 0 Å². The van der Waals surface area contributed by atoms with E-state index in [-0.39, 0.29) is 12.7 Å². The molecule has 0 saturated heterocycles. The van der Waals surface area contributed by atoms with Crippen molar-refractivity contribution in [1.82, 2.24) is 0 Å². The van der Waals surface area contributed by atoms with E-state index in [1.807, 2.05) is 42.5 Å². The summed E-state index contributed by atoms with van der Waals surface area (Å²) in [6.07, 6.45) is -0.815. The van der Waals surface area contributed by atoms with Crippen LogP contribution in [0.25, 0.3) is 0 Å². The van der Waals surface area contributed by atoms with Gasteiger partial charge in [-0.1, -0.05) is 30.3 Å². The topological polar surface area (TPSA) is 56.8 Å². The molecule has 21 heavy (non-hydrogen) atoms. The van der Waals surface area contributed by atoms with E-state index in [2.05, 4.69) is 5.32 Å². The summed E-state index contributed by atoms with van der Waals surface area (Å²) < 4.78 is 16.4. The van der Waals surface area contributed by atoms with E-state index in [1.54, 1.807) is 12.1 Å². The molecule has 1 atom stereocenters. The number of benzene rings is 2. The summed E-state index contributed by atoms with van der Waals surface area (Å²) in [7, 11) is 0. The summed E-state index contributed by atoms with van der Waals surface area (Å²) >= 11 is 0. The van der Waals surface area contributed by atoms with Gasteiger partial charge in [0.25, 0.3) is 0 Å². The molecule has 0 aromatic heterocycles. The molecule has 0 aliphatic carbocycles. The monoisotopic (exact) mass is 285 g/mol. The fourth-order valence-corrected chi connectivity index (χ4v) is 1.99. The van der Waals surface area contributed by atoms with Gasteiger partial charge in [-0.25, -0.2) is 4.79 Å². The van der Waals surface area contributed by atoms with Crippen molar-refractivity contribution in [2.45, 2.75) is 6.10 Å². The number of carbonyl (C=O) groups excluding carboxylic acids is 1. The van der Waals surface area contributed by atoms with Crippen molar-refractivity contribution < 1.29 is 19.0 Å². The molecule has 1 aliphatic heterocycles. The van der Waals surface area contributed by atoms with Crippen LogP contribution in [-0.2, 0) is 4.74 Å². The number of anilines is 1. The molecule has 0 radical (unpaired) electrons. The van der Waals surface area contributed by atoms with Gasteiger partial charge in [0.1, 0.15) is 13.2 Å². The van der Waals surface area contributed by atoms with E-state index in [0.29, 0.717) is 23.8 Å². The average molecular weight is 285 g/mol. The molecule has 2 aromatic carbocycles. The maximum Gasteiger partial charge on any atom is 0.411 e. The van der Waals surface area contributed by atoms with Gasteiger partial charge in [-0.2, -0.15) is 0 Å². The molecule has 0 unspecified atom stereocenters. The van der Waals surface area contributed by atoms with Gasteiger partial charge < -0.3 is 14.2 Å². The summed E-state index contributed by atoms with van der Waals surface area (Å²) in [5.74, 6) is 1.38. The van der Waals surface area contributed by atoms with E-state index >= 15 is 0 Å². The SMILES string of the molecule is O=C(Nc1ccccc1)OC[C@@H]1COc2ccccc2O1. The number of amides is 1. The normalized spacial score (nSPS) is 16.1. The van der Waals surface area contributed by atoms with Gasteiger partial charge in [0.2, 0.25) is 0 Å². The molecular weight excluding hydrogens is 270 g/mol. The first-order chi connectivity index (χ1) is 10.3. The predicted molar refractivity (Wildman–Crippen MR) is 77.8 cm³/mol. The first-order valence-electron chi connectivity index (χ1n) is 6.68. The molecule has 5 heteroatoms. The smallest absolute Gasteiger partial charge is 0.411 e. The summed E-state index contributed by atoms with van der Waals surface area (Å²) in [5.41, 5.74) is 0.689. The highest BCUT2D eigenvalue weighted by atomic mass is 16.6. The van der Waals surface area contributed by atoms with Crippen molar-refractivity contribution in [1.29, 1.82) is 0 Å². The van der Waals surface area contributed by atoms with Crippen molar-refractivity contribution in [3.8, 4) is 11.5 Å². The third-order valence-electron chi connectivity index (χ3n) is 2.99. The number of ether oxygens (including phenoxy) is 3. The van der Waals surface area contributed by atoms with Crippen LogP contribution in [0.15, 0.2) is 54.6 Å². The van der Waals surface area contributed by atoms with Gasteiger partial charge in [-0.05, 0) is 24.3 Å². The summed E-state index contributed by atoms with van der Waals surface area (Å²) in [5, 5.41) is 2.64. The highest BCUT2D eigenvalue weighted by Gasteiger charge is 2.21. The van der Waals surface area contributed by atoms with E-state index in [0.717, 1.165) is 0 Å². The van der Waals surface area contributed by atoms with Crippen molar-refractivity contribution in [3.63, 3.8) is 0 Å². The molecule has 0 bridgehead atoms. The summed E-state index contributed by atoms with van der Waals surface area (Å²) in [6, 6.07) is 16.5. The molecule has 108 valence electrons. The van der Waals surface area contributed by atoms with Crippen molar-refractivity contribution in [2.75, 3.05) is 18.5 Å². The maximum atomic E-state index is 11.7. The van der Waals surface area contributed by atoms with E-state index < -0.39 is 6.09 Å². The van der Waals surface area contributed by atoms with E-state index in [1.165, 1.54) is 0 Å². The fourth-order valence-electron chi connectivity index (χ4n) is 1.99. The molecule has 5 nitrogen and oxygen atoms in total. The Morgan fingerprint density at radius 3 is 2.62 bits per heavy atom. The zero-order valence-corrected chi connectivity index (χ0v) is 11.3. The van der Waals surface area contributed by atoms with E-state index in [4.69, 9.17) is 14.2 Å². The Bertz CT molecular complexity index is 615. The Morgan fingerprint density at radius 1 is 1.10 bits per heavy atom. The predicted octanol–water partition coefficient (Wildman–Crippen LogP) is 3.08. The third-order valence-corrected chi connectivity index (χ3v) is 2.99. The lowest BCUT2D eigenvalue weighted by Crippen LogP contribution is -2.34. The van der Waals surface area contributed by atoms with Crippen LogP contribution in [0.3, 0.4) is 0 Å². The Labute approximate surface area is 122 Å².